The normalized spacial score (nSPS) is 13.9. The molecular formula is C25H24N4O3S. The quantitative estimate of drug-likeness (QED) is 0.441. The topological polar surface area (TPSA) is 67.8 Å². The van der Waals surface area contributed by atoms with Crippen LogP contribution in [0.25, 0.3) is 22.3 Å². The molecule has 0 spiro atoms. The van der Waals surface area contributed by atoms with E-state index in [1.54, 1.807) is 43.8 Å². The minimum absolute atomic E-state index is 0.0411. The van der Waals surface area contributed by atoms with Crippen molar-refractivity contribution in [2.24, 2.45) is 0 Å². The number of fused-ring (bicyclic) bond motifs is 1. The van der Waals surface area contributed by atoms with Gasteiger partial charge in [-0.15, -0.1) is 0 Å². The molecule has 8 heteroatoms. The molecule has 33 heavy (non-hydrogen) atoms. The molecule has 7 nitrogen and oxygen atoms in total. The predicted octanol–water partition coefficient (Wildman–Crippen LogP) is 4.34. The van der Waals surface area contributed by atoms with E-state index in [2.05, 4.69) is 16.3 Å². The van der Waals surface area contributed by atoms with Crippen LogP contribution in [0.2, 0.25) is 0 Å². The molecule has 168 valence electrons. The molecule has 1 amide bonds. The van der Waals surface area contributed by atoms with Crippen LogP contribution in [-0.4, -0.2) is 61.2 Å². The first-order chi connectivity index (χ1) is 16.2. The Labute approximate surface area is 196 Å². The van der Waals surface area contributed by atoms with Crippen LogP contribution >= 0.6 is 11.3 Å². The molecule has 1 saturated heterocycles. The summed E-state index contributed by atoms with van der Waals surface area (Å²) in [4.78, 5) is 27.0. The molecular weight excluding hydrogens is 436 g/mol. The van der Waals surface area contributed by atoms with Crippen molar-refractivity contribution in [3.63, 3.8) is 0 Å². The van der Waals surface area contributed by atoms with E-state index in [0.29, 0.717) is 43.2 Å². The van der Waals surface area contributed by atoms with Crippen molar-refractivity contribution in [1.29, 1.82) is 0 Å². The number of thiophene rings is 1. The van der Waals surface area contributed by atoms with Crippen molar-refractivity contribution < 1.29 is 14.3 Å². The highest BCUT2D eigenvalue weighted by Crippen LogP contribution is 2.30. The van der Waals surface area contributed by atoms with Gasteiger partial charge in [0.1, 0.15) is 17.3 Å². The van der Waals surface area contributed by atoms with Crippen molar-refractivity contribution in [3.8, 4) is 22.9 Å². The number of carbonyl (C=O) groups is 1. The molecule has 0 atom stereocenters. The Morgan fingerprint density at radius 3 is 2.52 bits per heavy atom. The summed E-state index contributed by atoms with van der Waals surface area (Å²) in [6.07, 6.45) is 0. The maximum absolute atomic E-state index is 13.2. The Balaban J connectivity index is 1.39. The Morgan fingerprint density at radius 2 is 1.79 bits per heavy atom. The molecule has 0 saturated carbocycles. The van der Waals surface area contributed by atoms with Crippen LogP contribution in [-0.2, 0) is 0 Å². The van der Waals surface area contributed by atoms with Crippen molar-refractivity contribution in [1.82, 2.24) is 14.9 Å². The third-order valence-corrected chi connectivity index (χ3v) is 6.55. The summed E-state index contributed by atoms with van der Waals surface area (Å²) >= 11 is 1.63. The number of amides is 1. The number of piperazine rings is 1. The highest BCUT2D eigenvalue weighted by molar-refractivity contribution is 7.08. The van der Waals surface area contributed by atoms with E-state index < -0.39 is 0 Å². The Bertz CT molecular complexity index is 1280. The van der Waals surface area contributed by atoms with E-state index in [4.69, 9.17) is 19.4 Å². The van der Waals surface area contributed by atoms with Crippen LogP contribution in [0, 0.1) is 0 Å². The smallest absolute Gasteiger partial charge is 0.257 e. The molecule has 1 aliphatic heterocycles. The van der Waals surface area contributed by atoms with Gasteiger partial charge in [0.25, 0.3) is 5.91 Å². The SMILES string of the molecule is COc1ccc(C(=O)N2CCN(c3nc(-c4ccsc4)nc4ccccc34)CC2)c(OC)c1. The number of ether oxygens (including phenoxy) is 2. The van der Waals surface area contributed by atoms with Crippen molar-refractivity contribution >= 4 is 34.0 Å². The van der Waals surface area contributed by atoms with Gasteiger partial charge in [-0.2, -0.15) is 11.3 Å². The number of rotatable bonds is 5. The number of hydrogen-bond acceptors (Lipinski definition) is 7. The summed E-state index contributed by atoms with van der Waals surface area (Å²) in [6.45, 7) is 2.57. The first-order valence-corrected chi connectivity index (χ1v) is 11.7. The van der Waals surface area contributed by atoms with E-state index in [0.717, 1.165) is 28.1 Å². The van der Waals surface area contributed by atoms with Crippen LogP contribution < -0.4 is 14.4 Å². The van der Waals surface area contributed by atoms with E-state index in [9.17, 15) is 4.79 Å². The molecule has 0 aliphatic carbocycles. The Kier molecular flexibility index (Phi) is 5.83. The van der Waals surface area contributed by atoms with Crippen LogP contribution in [0.3, 0.4) is 0 Å². The zero-order valence-corrected chi connectivity index (χ0v) is 19.3. The number of nitrogens with zero attached hydrogens (tertiary/aromatic N) is 4. The van der Waals surface area contributed by atoms with Gasteiger partial charge in [-0.3, -0.25) is 4.79 Å². The third kappa shape index (κ3) is 4.09. The molecule has 5 rings (SSSR count). The minimum Gasteiger partial charge on any atom is -0.497 e. The largest absolute Gasteiger partial charge is 0.497 e. The molecule has 0 unspecified atom stereocenters. The van der Waals surface area contributed by atoms with E-state index in [-0.39, 0.29) is 5.91 Å². The predicted molar refractivity (Wildman–Crippen MR) is 131 cm³/mol. The molecule has 1 aliphatic rings. The van der Waals surface area contributed by atoms with Crippen LogP contribution in [0.5, 0.6) is 11.5 Å². The Hall–Kier alpha value is -3.65. The van der Waals surface area contributed by atoms with Crippen LogP contribution in [0.15, 0.2) is 59.3 Å². The fourth-order valence-electron chi connectivity index (χ4n) is 4.09. The number of carbonyl (C=O) groups excluding carboxylic acids is 1. The first-order valence-electron chi connectivity index (χ1n) is 10.7. The van der Waals surface area contributed by atoms with Gasteiger partial charge in [0.15, 0.2) is 5.82 Å². The van der Waals surface area contributed by atoms with Gasteiger partial charge in [-0.25, -0.2) is 9.97 Å². The highest BCUT2D eigenvalue weighted by Gasteiger charge is 2.26. The lowest BCUT2D eigenvalue weighted by molar-refractivity contribution is 0.0743. The first kappa shape index (κ1) is 21.2. The number of anilines is 1. The maximum Gasteiger partial charge on any atom is 0.257 e. The summed E-state index contributed by atoms with van der Waals surface area (Å²) in [5.74, 6) is 2.78. The van der Waals surface area contributed by atoms with Gasteiger partial charge >= 0.3 is 0 Å². The summed E-state index contributed by atoms with van der Waals surface area (Å²) < 4.78 is 10.7. The van der Waals surface area contributed by atoms with Gasteiger partial charge in [-0.05, 0) is 35.7 Å². The molecule has 0 bridgehead atoms. The maximum atomic E-state index is 13.2. The molecule has 3 heterocycles. The average Bonchev–Trinajstić information content (AvgIpc) is 3.42. The molecule has 0 radical (unpaired) electrons. The summed E-state index contributed by atoms with van der Waals surface area (Å²) in [6, 6.07) is 15.4. The van der Waals surface area contributed by atoms with Crippen molar-refractivity contribution in [3.05, 3.63) is 64.9 Å². The zero-order chi connectivity index (χ0) is 22.8. The number of benzene rings is 2. The van der Waals surface area contributed by atoms with Gasteiger partial charge < -0.3 is 19.3 Å². The van der Waals surface area contributed by atoms with Gasteiger partial charge in [0.2, 0.25) is 0 Å². The molecule has 1 fully saturated rings. The molecule has 0 N–H and O–H groups in total. The standard InChI is InChI=1S/C25H24N4O3S/c1-31-18-7-8-20(22(15-18)32-2)25(30)29-12-10-28(11-13-29)24-19-5-3-4-6-21(19)26-23(27-24)17-9-14-33-16-17/h3-9,14-16H,10-13H2,1-2H3. The second kappa shape index (κ2) is 9.07. The number of hydrogen-bond donors (Lipinski definition) is 0. The number of aromatic nitrogens is 2. The summed E-state index contributed by atoms with van der Waals surface area (Å²) in [5, 5.41) is 5.12. The average molecular weight is 461 g/mol. The van der Waals surface area contributed by atoms with Gasteiger partial charge in [0.05, 0.1) is 25.3 Å². The van der Waals surface area contributed by atoms with Crippen LogP contribution in [0.4, 0.5) is 5.82 Å². The van der Waals surface area contributed by atoms with Crippen molar-refractivity contribution in [2.45, 2.75) is 0 Å². The van der Waals surface area contributed by atoms with Gasteiger partial charge in [0, 0.05) is 48.6 Å². The highest BCUT2D eigenvalue weighted by atomic mass is 32.1. The lowest BCUT2D eigenvalue weighted by Gasteiger charge is -2.36. The van der Waals surface area contributed by atoms with E-state index in [1.807, 2.05) is 34.5 Å². The second-order valence-electron chi connectivity index (χ2n) is 7.75. The monoisotopic (exact) mass is 460 g/mol. The fourth-order valence-corrected chi connectivity index (χ4v) is 4.72. The lowest BCUT2D eigenvalue weighted by atomic mass is 10.1. The van der Waals surface area contributed by atoms with E-state index in [1.165, 1.54) is 0 Å². The fraction of sp³-hybridized carbons (Fsp3) is 0.240. The molecule has 2 aromatic carbocycles. The summed E-state index contributed by atoms with van der Waals surface area (Å²) in [5.41, 5.74) is 2.48. The summed E-state index contributed by atoms with van der Waals surface area (Å²) in [7, 11) is 3.16. The van der Waals surface area contributed by atoms with Crippen LogP contribution in [0.1, 0.15) is 10.4 Å². The van der Waals surface area contributed by atoms with Crippen molar-refractivity contribution in [2.75, 3.05) is 45.3 Å². The molecule has 4 aromatic rings. The number of para-hydroxylation sites is 1. The minimum atomic E-state index is -0.0411. The Morgan fingerprint density at radius 1 is 0.970 bits per heavy atom. The zero-order valence-electron chi connectivity index (χ0n) is 18.5. The molecule has 2 aromatic heterocycles. The number of methoxy groups -OCH3 is 2. The van der Waals surface area contributed by atoms with E-state index >= 15 is 0 Å². The second-order valence-corrected chi connectivity index (χ2v) is 8.53. The lowest BCUT2D eigenvalue weighted by Crippen LogP contribution is -2.49. The third-order valence-electron chi connectivity index (χ3n) is 5.87. The van der Waals surface area contributed by atoms with Gasteiger partial charge in [-0.1, -0.05) is 12.1 Å².